The van der Waals surface area contributed by atoms with E-state index in [2.05, 4.69) is 77.3 Å². The van der Waals surface area contributed by atoms with E-state index in [1.54, 1.807) is 20.0 Å². The predicted molar refractivity (Wildman–Crippen MR) is 212 cm³/mol. The van der Waals surface area contributed by atoms with Crippen LogP contribution in [0, 0.1) is 56.2 Å². The van der Waals surface area contributed by atoms with Crippen LogP contribution in [0.15, 0.2) is 28.2 Å². The summed E-state index contributed by atoms with van der Waals surface area (Å²) in [6, 6.07) is 0. The minimum absolute atomic E-state index is 0.0342. The quantitative estimate of drug-likeness (QED) is 0.192. The van der Waals surface area contributed by atoms with Crippen LogP contribution in [0.25, 0.3) is 0 Å². The number of oxazole rings is 1. The molecule has 308 valence electrons. The molecule has 0 saturated heterocycles. The van der Waals surface area contributed by atoms with Gasteiger partial charge in [-0.3, -0.25) is 19.3 Å². The second kappa shape index (κ2) is 14.7. The Hall–Kier alpha value is -2.56. The number of esters is 1. The molecule has 6 rings (SSSR count). The van der Waals surface area contributed by atoms with Crippen molar-refractivity contribution in [3.8, 4) is 0 Å². The molecule has 4 saturated carbocycles. The Morgan fingerprint density at radius 3 is 2.31 bits per heavy atom. The highest BCUT2D eigenvalue weighted by atomic mass is 16.5. The summed E-state index contributed by atoms with van der Waals surface area (Å²) in [5.74, 6) is 0.745. The monoisotopic (exact) mass is 766 g/mol. The summed E-state index contributed by atoms with van der Waals surface area (Å²) < 4.78 is 11.8. The lowest BCUT2D eigenvalue weighted by Crippen LogP contribution is -2.66. The van der Waals surface area contributed by atoms with E-state index in [1.807, 2.05) is 0 Å². The molecule has 4 fully saturated rings. The lowest BCUT2D eigenvalue weighted by Gasteiger charge is -2.72. The number of aromatic nitrogens is 1. The van der Waals surface area contributed by atoms with Crippen LogP contribution in [0.2, 0.25) is 0 Å². The van der Waals surface area contributed by atoms with Crippen molar-refractivity contribution < 1.29 is 33.8 Å². The lowest BCUT2D eigenvalue weighted by molar-refractivity contribution is -0.235. The third kappa shape index (κ3) is 6.96. The molecule has 5 aliphatic rings. The van der Waals surface area contributed by atoms with Gasteiger partial charge in [-0.15, -0.1) is 0 Å². The Labute approximate surface area is 330 Å². The molecule has 1 aromatic heterocycles. The maximum Gasteiger partial charge on any atom is 0.309 e. The van der Waals surface area contributed by atoms with E-state index in [0.717, 1.165) is 75.8 Å². The van der Waals surface area contributed by atoms with E-state index in [9.17, 15) is 24.6 Å². The number of ether oxygens (including phenoxy) is 1. The van der Waals surface area contributed by atoms with Crippen LogP contribution < -0.4 is 0 Å². The first-order valence-corrected chi connectivity index (χ1v) is 21.2. The molecule has 10 heteroatoms. The van der Waals surface area contributed by atoms with E-state index in [4.69, 9.17) is 9.15 Å². The summed E-state index contributed by atoms with van der Waals surface area (Å²) in [7, 11) is 4.12. The second-order valence-electron chi connectivity index (χ2n) is 21.1. The number of Topliss-reactive ketones (excluding diaryl/α,β-unsaturated/α-hetero) is 1. The van der Waals surface area contributed by atoms with Crippen molar-refractivity contribution in [3.05, 3.63) is 29.5 Å². The van der Waals surface area contributed by atoms with Crippen molar-refractivity contribution in [1.82, 2.24) is 14.8 Å². The van der Waals surface area contributed by atoms with Gasteiger partial charge in [0.2, 0.25) is 0 Å². The lowest BCUT2D eigenvalue weighted by atomic mass is 9.33. The Morgan fingerprint density at radius 1 is 0.982 bits per heavy atom. The normalized spacial score (nSPS) is 36.4. The number of nitrogens with zero attached hydrogens (tertiary/aromatic N) is 3. The minimum Gasteiger partial charge on any atom is -0.481 e. The maximum absolute atomic E-state index is 14.2. The fourth-order valence-electron chi connectivity index (χ4n) is 13.4. The molecule has 1 heterocycles. The molecule has 0 bridgehead atoms. The van der Waals surface area contributed by atoms with Crippen molar-refractivity contribution in [3.63, 3.8) is 0 Å². The van der Waals surface area contributed by atoms with Gasteiger partial charge in [0.25, 0.3) is 0 Å². The number of fused-ring (bicyclic) bond motifs is 7. The number of carboxylic acids is 1. The second-order valence-corrected chi connectivity index (χ2v) is 21.1. The van der Waals surface area contributed by atoms with Crippen LogP contribution >= 0.6 is 0 Å². The summed E-state index contributed by atoms with van der Waals surface area (Å²) in [5.41, 5.74) is 0.335. The number of ketones is 1. The molecule has 0 unspecified atom stereocenters. The molecule has 10 nitrogen and oxygen atoms in total. The van der Waals surface area contributed by atoms with Crippen molar-refractivity contribution >= 4 is 17.7 Å². The van der Waals surface area contributed by atoms with Gasteiger partial charge in [0.15, 0.2) is 12.2 Å². The fourth-order valence-corrected chi connectivity index (χ4v) is 13.4. The molecule has 55 heavy (non-hydrogen) atoms. The van der Waals surface area contributed by atoms with Crippen molar-refractivity contribution in [2.75, 3.05) is 33.7 Å². The average molecular weight is 766 g/mol. The third-order valence-electron chi connectivity index (χ3n) is 16.7. The van der Waals surface area contributed by atoms with E-state index in [0.29, 0.717) is 31.3 Å². The van der Waals surface area contributed by atoms with Crippen LogP contribution in [-0.4, -0.2) is 88.7 Å². The molecule has 0 aliphatic heterocycles. The number of carbonyl (C=O) groups excluding carboxylic acids is 2. The predicted octanol–water partition coefficient (Wildman–Crippen LogP) is 7.79. The SMILES string of the molecule is CC(C)C1=C2[C@H]3CC[C@@H]4[C@@]5(C)CC[C@H](OC(=O)CC(C)(C)C(=O)O)C(C)(C)[C@@H]5CC[C@@]4(C)[C@]3(C)CC[C@@]2([C@@H](O)CN(CCN(C)C)Cc2cnco2)CC1=O. The van der Waals surface area contributed by atoms with Gasteiger partial charge in [0, 0.05) is 36.9 Å². The number of allylic oxidation sites excluding steroid dienone is 1. The molecule has 0 radical (unpaired) electrons. The zero-order valence-corrected chi connectivity index (χ0v) is 35.8. The van der Waals surface area contributed by atoms with Crippen LogP contribution in [0.4, 0.5) is 0 Å². The number of aliphatic carboxylic acids is 1. The first kappa shape index (κ1) is 42.1. The van der Waals surface area contributed by atoms with Gasteiger partial charge in [0.1, 0.15) is 11.9 Å². The molecule has 1 aromatic rings. The van der Waals surface area contributed by atoms with Gasteiger partial charge in [-0.2, -0.15) is 0 Å². The molecule has 5 aliphatic carbocycles. The molecule has 0 amide bonds. The van der Waals surface area contributed by atoms with Crippen LogP contribution in [-0.2, 0) is 25.7 Å². The molecule has 0 aromatic carbocycles. The van der Waals surface area contributed by atoms with Gasteiger partial charge in [0.05, 0.1) is 30.7 Å². The Bertz CT molecular complexity index is 1650. The summed E-state index contributed by atoms with van der Waals surface area (Å²) in [5, 5.41) is 22.2. The number of hydrogen-bond acceptors (Lipinski definition) is 9. The topological polar surface area (TPSA) is 133 Å². The highest BCUT2D eigenvalue weighted by Gasteiger charge is 2.71. The van der Waals surface area contributed by atoms with Crippen molar-refractivity contribution in [1.29, 1.82) is 0 Å². The highest BCUT2D eigenvalue weighted by Crippen LogP contribution is 2.77. The van der Waals surface area contributed by atoms with Gasteiger partial charge in [-0.05, 0) is 125 Å². The summed E-state index contributed by atoms with van der Waals surface area (Å²) >= 11 is 0. The van der Waals surface area contributed by atoms with E-state index in [1.165, 1.54) is 12.0 Å². The van der Waals surface area contributed by atoms with Crippen LogP contribution in [0.5, 0.6) is 0 Å². The first-order chi connectivity index (χ1) is 25.5. The molecule has 9 atom stereocenters. The molecular weight excluding hydrogens is 695 g/mol. The van der Waals surface area contributed by atoms with Crippen LogP contribution in [0.3, 0.4) is 0 Å². The van der Waals surface area contributed by atoms with E-state index < -0.39 is 28.9 Å². The van der Waals surface area contributed by atoms with Gasteiger partial charge in [-0.25, -0.2) is 4.98 Å². The van der Waals surface area contributed by atoms with Gasteiger partial charge >= 0.3 is 11.9 Å². The number of aliphatic hydroxyl groups is 1. The third-order valence-corrected chi connectivity index (χ3v) is 16.7. The largest absolute Gasteiger partial charge is 0.481 e. The summed E-state index contributed by atoms with van der Waals surface area (Å²) in [4.78, 5) is 47.7. The smallest absolute Gasteiger partial charge is 0.309 e. The molecule has 0 spiro atoms. The van der Waals surface area contributed by atoms with Crippen LogP contribution in [0.1, 0.15) is 132 Å². The summed E-state index contributed by atoms with van der Waals surface area (Å²) in [6.07, 6.45) is 10.3. The number of aliphatic hydroxyl groups excluding tert-OH is 1. The number of rotatable bonds is 13. The maximum atomic E-state index is 14.2. The Kier molecular flexibility index (Phi) is 11.2. The number of carbonyl (C=O) groups is 3. The Morgan fingerprint density at radius 2 is 1.69 bits per heavy atom. The van der Waals surface area contributed by atoms with Crippen molar-refractivity contribution in [2.24, 2.45) is 56.2 Å². The Balaban J connectivity index is 1.28. The van der Waals surface area contributed by atoms with E-state index in [-0.39, 0.29) is 51.8 Å². The van der Waals surface area contributed by atoms with Gasteiger partial charge < -0.3 is 24.3 Å². The first-order valence-electron chi connectivity index (χ1n) is 21.2. The number of hydrogen-bond donors (Lipinski definition) is 2. The zero-order chi connectivity index (χ0) is 40.5. The summed E-state index contributed by atoms with van der Waals surface area (Å²) in [6.45, 7) is 22.3. The zero-order valence-electron chi connectivity index (χ0n) is 35.8. The van der Waals surface area contributed by atoms with Crippen molar-refractivity contribution in [2.45, 2.75) is 145 Å². The fraction of sp³-hybridized carbons (Fsp3) is 0.822. The average Bonchev–Trinajstić information content (AvgIpc) is 3.70. The van der Waals surface area contributed by atoms with Gasteiger partial charge in [-0.1, -0.05) is 54.0 Å². The molecule has 2 N–H and O–H groups in total. The van der Waals surface area contributed by atoms with E-state index >= 15 is 0 Å². The highest BCUT2D eigenvalue weighted by molar-refractivity contribution is 6.00. The minimum atomic E-state index is -1.17. The standard InChI is InChI=1S/C45H71N3O7/c1-28(2)37-31(49)22-45(34(50)26-48(21-20-47(10)11)25-29-24-46-27-54-29)19-18-43(8)30(38(37)45)12-13-33-42(7)16-15-35(55-36(51)23-40(3,4)39(52)53)41(5,6)32(42)14-17-44(33,43)9/h24,27-28,30,32-35,50H,12-23,25-26H2,1-11H3,(H,52,53)/t30-,32+,33-,34+,35+,42+,43-,44-,45+/m1/s1. The number of likely N-dealkylation sites (N-methyl/N-ethyl adjacent to an activating group) is 1. The molecular formula is C45H71N3O7. The number of carboxylic acid groups (broad SMARTS) is 1.